The second-order valence-corrected chi connectivity index (χ2v) is 3.38. The fraction of sp³-hybridized carbons (Fsp3) is 0.167. The van der Waals surface area contributed by atoms with E-state index in [1.807, 2.05) is 30.3 Å². The molecule has 0 aliphatic carbocycles. The molecular formula is C12H16N4. The molecule has 0 unspecified atom stereocenters. The summed E-state index contributed by atoms with van der Waals surface area (Å²) in [5, 5.41) is 2.96. The van der Waals surface area contributed by atoms with Crippen molar-refractivity contribution in [1.29, 1.82) is 0 Å². The summed E-state index contributed by atoms with van der Waals surface area (Å²) in [6.45, 7) is 7.25. The van der Waals surface area contributed by atoms with E-state index in [0.29, 0.717) is 17.5 Å². The minimum Gasteiger partial charge on any atom is -0.369 e. The molecule has 0 amide bonds. The average molecular weight is 216 g/mol. The average Bonchev–Trinajstić information content (AvgIpc) is 2.17. The van der Waals surface area contributed by atoms with Crippen molar-refractivity contribution >= 4 is 17.5 Å². The summed E-state index contributed by atoms with van der Waals surface area (Å²) < 4.78 is 0. The largest absolute Gasteiger partial charge is 0.369 e. The van der Waals surface area contributed by atoms with Crippen LogP contribution in [-0.2, 0) is 0 Å². The molecule has 16 heavy (non-hydrogen) atoms. The van der Waals surface area contributed by atoms with Gasteiger partial charge in [-0.25, -0.2) is 9.98 Å². The first-order chi connectivity index (χ1) is 7.58. The minimum atomic E-state index is 0.314. The molecule has 0 fully saturated rings. The Labute approximate surface area is 95.6 Å². The van der Waals surface area contributed by atoms with Crippen molar-refractivity contribution in [3.63, 3.8) is 0 Å². The summed E-state index contributed by atoms with van der Waals surface area (Å²) in [7, 11) is 0. The maximum absolute atomic E-state index is 5.71. The van der Waals surface area contributed by atoms with E-state index in [4.69, 9.17) is 5.73 Å². The molecular weight excluding hydrogens is 200 g/mol. The summed E-state index contributed by atoms with van der Waals surface area (Å²) in [5.74, 6) is 0.891. The zero-order valence-corrected chi connectivity index (χ0v) is 9.57. The maximum atomic E-state index is 5.71. The molecule has 1 aromatic rings. The second kappa shape index (κ2) is 5.70. The molecule has 0 saturated heterocycles. The number of nitrogens with one attached hydrogen (secondary N) is 1. The standard InChI is InChI=1S/C12H16N4/c1-9(2)14-10(3)15-12(13)16-11-7-5-4-6-8-11/h4-8H,1H2,2-3H3,(H3,13,14,15,16). The Morgan fingerprint density at radius 2 is 1.81 bits per heavy atom. The van der Waals surface area contributed by atoms with E-state index < -0.39 is 0 Å². The lowest BCUT2D eigenvalue weighted by atomic mass is 10.3. The van der Waals surface area contributed by atoms with Gasteiger partial charge in [-0.3, -0.25) is 0 Å². The molecule has 0 heterocycles. The molecule has 4 heteroatoms. The molecule has 84 valence electrons. The third-order valence-electron chi connectivity index (χ3n) is 1.68. The van der Waals surface area contributed by atoms with Crippen LogP contribution in [0, 0.1) is 0 Å². The van der Waals surface area contributed by atoms with E-state index in [1.54, 1.807) is 13.8 Å². The van der Waals surface area contributed by atoms with Crippen LogP contribution in [-0.4, -0.2) is 11.8 Å². The van der Waals surface area contributed by atoms with Gasteiger partial charge in [-0.2, -0.15) is 0 Å². The summed E-state index contributed by atoms with van der Waals surface area (Å²) in [6, 6.07) is 9.60. The zero-order valence-electron chi connectivity index (χ0n) is 9.57. The number of nitrogens with zero attached hydrogens (tertiary/aromatic N) is 2. The van der Waals surface area contributed by atoms with Crippen molar-refractivity contribution in [3.8, 4) is 0 Å². The Morgan fingerprint density at radius 1 is 1.19 bits per heavy atom. The molecule has 0 radical (unpaired) electrons. The fourth-order valence-corrected chi connectivity index (χ4v) is 1.17. The number of nitrogens with two attached hydrogens (primary N) is 1. The van der Waals surface area contributed by atoms with Gasteiger partial charge in [-0.15, -0.1) is 0 Å². The number of allylic oxidation sites excluding steroid dienone is 1. The number of aliphatic imine (C=N–C) groups is 2. The third-order valence-corrected chi connectivity index (χ3v) is 1.68. The van der Waals surface area contributed by atoms with Crippen LogP contribution >= 0.6 is 0 Å². The summed E-state index contributed by atoms with van der Waals surface area (Å²) in [6.07, 6.45) is 0. The first-order valence-electron chi connectivity index (χ1n) is 4.95. The van der Waals surface area contributed by atoms with Gasteiger partial charge in [0.1, 0.15) is 5.84 Å². The van der Waals surface area contributed by atoms with Gasteiger partial charge in [0.2, 0.25) is 0 Å². The Morgan fingerprint density at radius 3 is 2.38 bits per heavy atom. The topological polar surface area (TPSA) is 62.8 Å². The van der Waals surface area contributed by atoms with Gasteiger partial charge in [0.15, 0.2) is 5.96 Å². The van der Waals surface area contributed by atoms with Gasteiger partial charge >= 0.3 is 0 Å². The normalized spacial score (nSPS) is 12.4. The molecule has 0 spiro atoms. The zero-order chi connectivity index (χ0) is 12.0. The van der Waals surface area contributed by atoms with E-state index in [2.05, 4.69) is 21.9 Å². The van der Waals surface area contributed by atoms with Crippen molar-refractivity contribution in [1.82, 2.24) is 0 Å². The lowest BCUT2D eigenvalue weighted by molar-refractivity contribution is 1.29. The highest BCUT2D eigenvalue weighted by Crippen LogP contribution is 2.03. The smallest absolute Gasteiger partial charge is 0.199 e. The van der Waals surface area contributed by atoms with E-state index in [1.165, 1.54) is 0 Å². The summed E-state index contributed by atoms with van der Waals surface area (Å²) >= 11 is 0. The van der Waals surface area contributed by atoms with Gasteiger partial charge in [-0.05, 0) is 26.0 Å². The Balaban J connectivity index is 2.69. The predicted molar refractivity (Wildman–Crippen MR) is 69.6 cm³/mol. The van der Waals surface area contributed by atoms with Crippen molar-refractivity contribution in [3.05, 3.63) is 42.6 Å². The molecule has 1 rings (SSSR count). The third kappa shape index (κ3) is 4.41. The molecule has 1 aromatic carbocycles. The van der Waals surface area contributed by atoms with Crippen LogP contribution in [0.3, 0.4) is 0 Å². The van der Waals surface area contributed by atoms with E-state index in [0.717, 1.165) is 5.69 Å². The number of guanidine groups is 1. The van der Waals surface area contributed by atoms with E-state index in [9.17, 15) is 0 Å². The SMILES string of the molecule is C=C(C)/N=C(C)\N=C(/N)Nc1ccccc1. The lowest BCUT2D eigenvalue weighted by Gasteiger charge is -2.04. The van der Waals surface area contributed by atoms with Crippen LogP contribution in [0.4, 0.5) is 5.69 Å². The highest BCUT2D eigenvalue weighted by Gasteiger charge is 1.94. The number of anilines is 1. The van der Waals surface area contributed by atoms with Crippen LogP contribution < -0.4 is 11.1 Å². The van der Waals surface area contributed by atoms with E-state index >= 15 is 0 Å². The second-order valence-electron chi connectivity index (χ2n) is 3.38. The first-order valence-corrected chi connectivity index (χ1v) is 4.95. The van der Waals surface area contributed by atoms with Crippen LogP contribution in [0.15, 0.2) is 52.6 Å². The molecule has 0 aliphatic rings. The van der Waals surface area contributed by atoms with Gasteiger partial charge in [0.05, 0.1) is 0 Å². The molecule has 3 N–H and O–H groups in total. The highest BCUT2D eigenvalue weighted by atomic mass is 15.1. The van der Waals surface area contributed by atoms with Crippen molar-refractivity contribution < 1.29 is 0 Å². The van der Waals surface area contributed by atoms with Crippen molar-refractivity contribution in [2.45, 2.75) is 13.8 Å². The van der Waals surface area contributed by atoms with Crippen molar-refractivity contribution in [2.75, 3.05) is 5.32 Å². The number of hydrogen-bond donors (Lipinski definition) is 2. The number of amidine groups is 1. The van der Waals surface area contributed by atoms with Crippen LogP contribution in [0.2, 0.25) is 0 Å². The lowest BCUT2D eigenvalue weighted by Crippen LogP contribution is -2.23. The van der Waals surface area contributed by atoms with Crippen LogP contribution in [0.5, 0.6) is 0 Å². The molecule has 0 atom stereocenters. The van der Waals surface area contributed by atoms with Crippen LogP contribution in [0.1, 0.15) is 13.8 Å². The molecule has 0 aliphatic heterocycles. The number of benzene rings is 1. The maximum Gasteiger partial charge on any atom is 0.199 e. The molecule has 4 nitrogen and oxygen atoms in total. The van der Waals surface area contributed by atoms with Gasteiger partial charge in [0, 0.05) is 11.4 Å². The van der Waals surface area contributed by atoms with E-state index in [-0.39, 0.29) is 0 Å². The Bertz CT molecular complexity index is 418. The number of rotatable bonds is 2. The minimum absolute atomic E-state index is 0.314. The summed E-state index contributed by atoms with van der Waals surface area (Å²) in [4.78, 5) is 8.16. The number of para-hydroxylation sites is 1. The molecule has 0 saturated carbocycles. The predicted octanol–water partition coefficient (Wildman–Crippen LogP) is 2.37. The van der Waals surface area contributed by atoms with Crippen molar-refractivity contribution in [2.24, 2.45) is 15.7 Å². The monoisotopic (exact) mass is 216 g/mol. The number of hydrogen-bond acceptors (Lipinski definition) is 1. The van der Waals surface area contributed by atoms with Crippen LogP contribution in [0.25, 0.3) is 0 Å². The molecule has 0 bridgehead atoms. The Hall–Kier alpha value is -2.10. The Kier molecular flexibility index (Phi) is 4.27. The fourth-order valence-electron chi connectivity index (χ4n) is 1.17. The van der Waals surface area contributed by atoms with Gasteiger partial charge in [0.25, 0.3) is 0 Å². The first kappa shape index (κ1) is 12.0. The molecule has 0 aromatic heterocycles. The van der Waals surface area contributed by atoms with Gasteiger partial charge < -0.3 is 11.1 Å². The summed E-state index contributed by atoms with van der Waals surface area (Å²) in [5.41, 5.74) is 7.31. The highest BCUT2D eigenvalue weighted by molar-refractivity contribution is 6.01. The van der Waals surface area contributed by atoms with Gasteiger partial charge in [-0.1, -0.05) is 24.8 Å². The quantitative estimate of drug-likeness (QED) is 0.589.